The van der Waals surface area contributed by atoms with Gasteiger partial charge >= 0.3 is 0 Å². The Hall–Kier alpha value is -3.50. The zero-order chi connectivity index (χ0) is 29.5. The standard InChI is InChI=1S/C32H37ClN6O2S/c1-24-23-25(2)36-32(35-24)37-42(40,41)30-15-13-29(14-16-30)34-17-6-18-38-19-21-39(22-20-38)31(26-7-4-3-5-8-26)27-9-11-28(33)12-10-27/h3-5,7-16,23,31,34H,6,17-22H2,1-2H3,(H,35,36,37)/t31-/m1/s1. The number of anilines is 2. The quantitative estimate of drug-likeness (QED) is 0.210. The summed E-state index contributed by atoms with van der Waals surface area (Å²) < 4.78 is 28.0. The Bertz CT molecular complexity index is 1540. The SMILES string of the molecule is Cc1cc(C)nc(NS(=O)(=O)c2ccc(NCCCN3CCN([C@H](c4ccccc4)c4ccc(Cl)cc4)CC3)cc2)n1. The number of aromatic nitrogens is 2. The van der Waals surface area contributed by atoms with Crippen LogP contribution in [0, 0.1) is 13.8 Å². The number of rotatable bonds is 11. The number of benzene rings is 3. The normalized spacial score (nSPS) is 15.3. The number of nitrogens with one attached hydrogen (secondary N) is 2. The summed E-state index contributed by atoms with van der Waals surface area (Å²) in [5, 5.41) is 4.17. The third-order valence-electron chi connectivity index (χ3n) is 7.43. The van der Waals surface area contributed by atoms with E-state index in [-0.39, 0.29) is 16.9 Å². The Morgan fingerprint density at radius 1 is 0.833 bits per heavy atom. The second-order valence-corrected chi connectivity index (χ2v) is 12.7. The highest BCUT2D eigenvalue weighted by Gasteiger charge is 2.26. The fourth-order valence-electron chi connectivity index (χ4n) is 5.38. The van der Waals surface area contributed by atoms with Crippen LogP contribution < -0.4 is 10.0 Å². The molecule has 0 unspecified atom stereocenters. The Morgan fingerprint density at radius 3 is 2.10 bits per heavy atom. The zero-order valence-corrected chi connectivity index (χ0v) is 25.6. The first-order valence-electron chi connectivity index (χ1n) is 14.2. The van der Waals surface area contributed by atoms with Gasteiger partial charge in [-0.3, -0.25) is 4.90 Å². The van der Waals surface area contributed by atoms with Crippen molar-refractivity contribution < 1.29 is 8.42 Å². The largest absolute Gasteiger partial charge is 0.385 e. The number of aryl methyl sites for hydroxylation is 2. The van der Waals surface area contributed by atoms with Crippen LogP contribution in [-0.4, -0.2) is 67.5 Å². The highest BCUT2D eigenvalue weighted by Crippen LogP contribution is 2.30. The van der Waals surface area contributed by atoms with Crippen LogP contribution in [0.25, 0.3) is 0 Å². The second-order valence-electron chi connectivity index (χ2n) is 10.6. The highest BCUT2D eigenvalue weighted by atomic mass is 35.5. The van der Waals surface area contributed by atoms with Crippen molar-refractivity contribution in [3.8, 4) is 0 Å². The Labute approximate surface area is 253 Å². The van der Waals surface area contributed by atoms with Crippen LogP contribution in [0.5, 0.6) is 0 Å². The number of piperazine rings is 1. The van der Waals surface area contributed by atoms with E-state index in [0.29, 0.717) is 11.4 Å². The molecule has 220 valence electrons. The third-order valence-corrected chi connectivity index (χ3v) is 9.02. The van der Waals surface area contributed by atoms with Crippen LogP contribution in [0.2, 0.25) is 5.02 Å². The van der Waals surface area contributed by atoms with E-state index >= 15 is 0 Å². The molecule has 1 fully saturated rings. The van der Waals surface area contributed by atoms with E-state index in [4.69, 9.17) is 11.6 Å². The maximum absolute atomic E-state index is 12.8. The van der Waals surface area contributed by atoms with Crippen molar-refractivity contribution in [2.75, 3.05) is 49.3 Å². The van der Waals surface area contributed by atoms with Crippen LogP contribution in [0.4, 0.5) is 11.6 Å². The molecule has 42 heavy (non-hydrogen) atoms. The maximum atomic E-state index is 12.8. The first kappa shape index (κ1) is 30.0. The minimum Gasteiger partial charge on any atom is -0.385 e. The van der Waals surface area contributed by atoms with Crippen LogP contribution in [0.15, 0.2) is 89.8 Å². The molecule has 10 heteroatoms. The molecule has 1 aliphatic rings. The summed E-state index contributed by atoms with van der Waals surface area (Å²) in [4.78, 5) is 13.6. The summed E-state index contributed by atoms with van der Waals surface area (Å²) in [7, 11) is -3.77. The Morgan fingerprint density at radius 2 is 1.45 bits per heavy atom. The molecule has 0 amide bonds. The van der Waals surface area contributed by atoms with Crippen molar-refractivity contribution in [1.82, 2.24) is 19.8 Å². The molecule has 5 rings (SSSR count). The smallest absolute Gasteiger partial charge is 0.264 e. The van der Waals surface area contributed by atoms with Gasteiger partial charge in [0.2, 0.25) is 5.95 Å². The average Bonchev–Trinajstić information content (AvgIpc) is 2.97. The van der Waals surface area contributed by atoms with Gasteiger partial charge in [-0.1, -0.05) is 54.1 Å². The minimum atomic E-state index is -3.77. The molecule has 4 aromatic rings. The number of hydrogen-bond donors (Lipinski definition) is 2. The molecule has 0 saturated carbocycles. The monoisotopic (exact) mass is 604 g/mol. The minimum absolute atomic E-state index is 0.0797. The van der Waals surface area contributed by atoms with Crippen molar-refractivity contribution in [1.29, 1.82) is 0 Å². The number of halogens is 1. The Kier molecular flexibility index (Phi) is 9.74. The van der Waals surface area contributed by atoms with E-state index < -0.39 is 10.0 Å². The summed E-state index contributed by atoms with van der Waals surface area (Å²) in [6, 6.07) is 27.7. The molecule has 1 aliphatic heterocycles. The molecular weight excluding hydrogens is 568 g/mol. The Balaban J connectivity index is 1.09. The lowest BCUT2D eigenvalue weighted by Gasteiger charge is -2.40. The molecule has 0 bridgehead atoms. The number of sulfonamides is 1. The molecule has 8 nitrogen and oxygen atoms in total. The van der Waals surface area contributed by atoms with E-state index in [0.717, 1.165) is 56.4 Å². The highest BCUT2D eigenvalue weighted by molar-refractivity contribution is 7.92. The molecule has 1 atom stereocenters. The van der Waals surface area contributed by atoms with Gasteiger partial charge < -0.3 is 10.2 Å². The lowest BCUT2D eigenvalue weighted by molar-refractivity contribution is 0.109. The zero-order valence-electron chi connectivity index (χ0n) is 24.0. The van der Waals surface area contributed by atoms with Gasteiger partial charge in [0, 0.05) is 54.8 Å². The summed E-state index contributed by atoms with van der Waals surface area (Å²) in [6.07, 6.45) is 0.991. The summed E-state index contributed by atoms with van der Waals surface area (Å²) in [5.74, 6) is 0.0797. The predicted octanol–water partition coefficient (Wildman–Crippen LogP) is 5.76. The number of hydrogen-bond acceptors (Lipinski definition) is 7. The van der Waals surface area contributed by atoms with Crippen molar-refractivity contribution in [3.63, 3.8) is 0 Å². The van der Waals surface area contributed by atoms with Crippen LogP contribution in [0.3, 0.4) is 0 Å². The van der Waals surface area contributed by atoms with Crippen molar-refractivity contribution in [2.24, 2.45) is 0 Å². The van der Waals surface area contributed by atoms with Gasteiger partial charge in [0.15, 0.2) is 0 Å². The molecule has 0 spiro atoms. The molecular formula is C32H37ClN6O2S. The van der Waals surface area contributed by atoms with Crippen LogP contribution in [0.1, 0.15) is 35.0 Å². The van der Waals surface area contributed by atoms with Crippen LogP contribution in [-0.2, 0) is 10.0 Å². The number of nitrogens with zero attached hydrogens (tertiary/aromatic N) is 4. The first-order chi connectivity index (χ1) is 20.3. The summed E-state index contributed by atoms with van der Waals surface area (Å²) in [5.41, 5.74) is 4.85. The van der Waals surface area contributed by atoms with Gasteiger partial charge in [-0.15, -0.1) is 0 Å². The molecule has 0 radical (unpaired) electrons. The van der Waals surface area contributed by atoms with E-state index in [9.17, 15) is 8.42 Å². The van der Waals surface area contributed by atoms with E-state index in [1.165, 1.54) is 11.1 Å². The van der Waals surface area contributed by atoms with Crippen LogP contribution >= 0.6 is 11.6 Å². The molecule has 1 saturated heterocycles. The third kappa shape index (κ3) is 7.86. The fraction of sp³-hybridized carbons (Fsp3) is 0.312. The summed E-state index contributed by atoms with van der Waals surface area (Å²) in [6.45, 7) is 9.43. The van der Waals surface area contributed by atoms with Gasteiger partial charge in [0.1, 0.15) is 0 Å². The summed E-state index contributed by atoms with van der Waals surface area (Å²) >= 11 is 6.17. The van der Waals surface area contributed by atoms with E-state index in [1.54, 1.807) is 44.2 Å². The topological polar surface area (TPSA) is 90.5 Å². The average molecular weight is 605 g/mol. The molecule has 2 N–H and O–H groups in total. The van der Waals surface area contributed by atoms with Gasteiger partial charge in [-0.2, -0.15) is 0 Å². The van der Waals surface area contributed by atoms with Crippen molar-refractivity contribution >= 4 is 33.3 Å². The van der Waals surface area contributed by atoms with Crippen molar-refractivity contribution in [2.45, 2.75) is 31.2 Å². The van der Waals surface area contributed by atoms with E-state index in [2.05, 4.69) is 72.3 Å². The molecule has 1 aromatic heterocycles. The maximum Gasteiger partial charge on any atom is 0.264 e. The predicted molar refractivity (Wildman–Crippen MR) is 170 cm³/mol. The lowest BCUT2D eigenvalue weighted by Crippen LogP contribution is -2.48. The molecule has 2 heterocycles. The fourth-order valence-corrected chi connectivity index (χ4v) is 6.45. The van der Waals surface area contributed by atoms with Gasteiger partial charge in [-0.05, 0) is 80.4 Å². The second kappa shape index (κ2) is 13.6. The lowest BCUT2D eigenvalue weighted by atomic mass is 9.96. The van der Waals surface area contributed by atoms with Crippen molar-refractivity contribution in [3.05, 3.63) is 112 Å². The van der Waals surface area contributed by atoms with Gasteiger partial charge in [0.25, 0.3) is 10.0 Å². The van der Waals surface area contributed by atoms with E-state index in [1.807, 2.05) is 12.1 Å². The first-order valence-corrected chi connectivity index (χ1v) is 16.1. The van der Waals surface area contributed by atoms with Gasteiger partial charge in [-0.25, -0.2) is 23.1 Å². The van der Waals surface area contributed by atoms with Gasteiger partial charge in [0.05, 0.1) is 10.9 Å². The molecule has 3 aromatic carbocycles. The molecule has 0 aliphatic carbocycles.